The SMILES string of the molecule is CC(N)C1(c2ccc(Br)s2)CCCC1. The Morgan fingerprint density at radius 1 is 1.43 bits per heavy atom. The van der Waals surface area contributed by atoms with Crippen molar-refractivity contribution < 1.29 is 0 Å². The van der Waals surface area contributed by atoms with E-state index in [1.165, 1.54) is 34.3 Å². The Kier molecular flexibility index (Phi) is 3.01. The number of nitrogens with two attached hydrogens (primary N) is 1. The first kappa shape index (κ1) is 10.7. The van der Waals surface area contributed by atoms with Gasteiger partial charge in [0.2, 0.25) is 0 Å². The van der Waals surface area contributed by atoms with E-state index in [1.54, 1.807) is 0 Å². The molecule has 0 aliphatic heterocycles. The van der Waals surface area contributed by atoms with Crippen LogP contribution in [0.3, 0.4) is 0 Å². The summed E-state index contributed by atoms with van der Waals surface area (Å²) in [5.74, 6) is 0. The zero-order valence-corrected chi connectivity index (χ0v) is 10.8. The fraction of sp³-hybridized carbons (Fsp3) is 0.636. The molecule has 14 heavy (non-hydrogen) atoms. The van der Waals surface area contributed by atoms with Crippen LogP contribution in [0.5, 0.6) is 0 Å². The molecule has 1 aliphatic rings. The topological polar surface area (TPSA) is 26.0 Å². The molecule has 0 spiro atoms. The van der Waals surface area contributed by atoms with Gasteiger partial charge in [-0.1, -0.05) is 12.8 Å². The molecule has 0 radical (unpaired) electrons. The van der Waals surface area contributed by atoms with Crippen LogP contribution in [0, 0.1) is 0 Å². The van der Waals surface area contributed by atoms with Gasteiger partial charge in [0.15, 0.2) is 0 Å². The van der Waals surface area contributed by atoms with Crippen LogP contribution in [-0.4, -0.2) is 6.04 Å². The summed E-state index contributed by atoms with van der Waals surface area (Å²) in [6.45, 7) is 2.15. The van der Waals surface area contributed by atoms with Gasteiger partial charge >= 0.3 is 0 Å². The standard InChI is InChI=1S/C11H16BrNS/c1-8(13)11(6-2-3-7-11)9-4-5-10(12)14-9/h4-5,8H,2-3,6-7,13H2,1H3. The fourth-order valence-corrected chi connectivity index (χ4v) is 4.24. The van der Waals surface area contributed by atoms with Gasteiger partial charge in [0.05, 0.1) is 3.79 Å². The highest BCUT2D eigenvalue weighted by Gasteiger charge is 2.39. The van der Waals surface area contributed by atoms with E-state index < -0.39 is 0 Å². The summed E-state index contributed by atoms with van der Waals surface area (Å²) < 4.78 is 1.22. The maximum absolute atomic E-state index is 6.17. The lowest BCUT2D eigenvalue weighted by molar-refractivity contribution is 0.376. The van der Waals surface area contributed by atoms with Crippen molar-refractivity contribution in [2.24, 2.45) is 5.73 Å². The van der Waals surface area contributed by atoms with Gasteiger partial charge in [0.25, 0.3) is 0 Å². The molecule has 1 fully saturated rings. The molecule has 1 aromatic heterocycles. The number of halogens is 1. The predicted molar refractivity (Wildman–Crippen MR) is 65.8 cm³/mol. The minimum atomic E-state index is 0.274. The van der Waals surface area contributed by atoms with E-state index in [9.17, 15) is 0 Å². The summed E-state index contributed by atoms with van der Waals surface area (Å²) in [6.07, 6.45) is 5.18. The third-order valence-corrected chi connectivity index (χ3v) is 5.27. The van der Waals surface area contributed by atoms with Crippen molar-refractivity contribution in [3.05, 3.63) is 20.8 Å². The van der Waals surface area contributed by atoms with Crippen molar-refractivity contribution in [3.63, 3.8) is 0 Å². The molecule has 1 unspecified atom stereocenters. The quantitative estimate of drug-likeness (QED) is 0.875. The molecule has 3 heteroatoms. The minimum absolute atomic E-state index is 0.274. The van der Waals surface area contributed by atoms with E-state index in [0.29, 0.717) is 0 Å². The van der Waals surface area contributed by atoms with E-state index >= 15 is 0 Å². The van der Waals surface area contributed by atoms with Gasteiger partial charge in [0, 0.05) is 16.3 Å². The summed E-state index contributed by atoms with van der Waals surface area (Å²) >= 11 is 5.38. The van der Waals surface area contributed by atoms with Crippen molar-refractivity contribution >= 4 is 27.3 Å². The Bertz CT molecular complexity index is 313. The maximum atomic E-state index is 6.17. The Labute approximate surface area is 97.8 Å². The molecule has 1 aromatic rings. The number of hydrogen-bond donors (Lipinski definition) is 1. The molecule has 1 atom stereocenters. The molecule has 78 valence electrons. The summed E-state index contributed by atoms with van der Waals surface area (Å²) in [4.78, 5) is 1.47. The number of rotatable bonds is 2. The lowest BCUT2D eigenvalue weighted by atomic mass is 9.78. The molecule has 0 aromatic carbocycles. The van der Waals surface area contributed by atoms with E-state index in [2.05, 4.69) is 35.0 Å². The summed E-state index contributed by atoms with van der Waals surface area (Å²) in [5.41, 5.74) is 6.44. The van der Waals surface area contributed by atoms with Gasteiger partial charge in [-0.2, -0.15) is 0 Å². The van der Waals surface area contributed by atoms with Crippen molar-refractivity contribution in [1.29, 1.82) is 0 Å². The fourth-order valence-electron chi connectivity index (χ4n) is 2.51. The first-order valence-electron chi connectivity index (χ1n) is 5.16. The summed E-state index contributed by atoms with van der Waals surface area (Å²) in [7, 11) is 0. The summed E-state index contributed by atoms with van der Waals surface area (Å²) in [6, 6.07) is 4.65. The third-order valence-electron chi connectivity index (χ3n) is 3.43. The molecule has 1 aliphatic carbocycles. The van der Waals surface area contributed by atoms with Crippen molar-refractivity contribution in [2.75, 3.05) is 0 Å². The molecule has 0 saturated heterocycles. The van der Waals surface area contributed by atoms with Gasteiger partial charge in [-0.25, -0.2) is 0 Å². The Morgan fingerprint density at radius 3 is 2.50 bits per heavy atom. The highest BCUT2D eigenvalue weighted by Crippen LogP contribution is 2.46. The second-order valence-corrected chi connectivity index (χ2v) is 6.72. The van der Waals surface area contributed by atoms with Gasteiger partial charge in [-0.3, -0.25) is 0 Å². The molecular weight excluding hydrogens is 258 g/mol. The smallest absolute Gasteiger partial charge is 0.0701 e. The molecule has 2 N–H and O–H groups in total. The van der Waals surface area contributed by atoms with Crippen LogP contribution in [0.2, 0.25) is 0 Å². The second kappa shape index (κ2) is 3.95. The van der Waals surface area contributed by atoms with Crippen molar-refractivity contribution in [3.8, 4) is 0 Å². The lowest BCUT2D eigenvalue weighted by Crippen LogP contribution is -2.40. The maximum Gasteiger partial charge on any atom is 0.0701 e. The van der Waals surface area contributed by atoms with Crippen molar-refractivity contribution in [1.82, 2.24) is 0 Å². The predicted octanol–water partition coefficient (Wildman–Crippen LogP) is 3.67. The first-order valence-corrected chi connectivity index (χ1v) is 6.77. The Hall–Kier alpha value is 0.140. The van der Waals surface area contributed by atoms with Gasteiger partial charge in [-0.15, -0.1) is 11.3 Å². The largest absolute Gasteiger partial charge is 0.327 e. The van der Waals surface area contributed by atoms with Gasteiger partial charge in [-0.05, 0) is 47.8 Å². The van der Waals surface area contributed by atoms with E-state index in [0.717, 1.165) is 0 Å². The Balaban J connectivity index is 2.36. The van der Waals surface area contributed by atoms with Crippen LogP contribution in [0.4, 0.5) is 0 Å². The molecule has 1 nitrogen and oxygen atoms in total. The minimum Gasteiger partial charge on any atom is -0.327 e. The van der Waals surface area contributed by atoms with Crippen LogP contribution in [0.1, 0.15) is 37.5 Å². The van der Waals surface area contributed by atoms with E-state index in [-0.39, 0.29) is 11.5 Å². The average molecular weight is 274 g/mol. The highest BCUT2D eigenvalue weighted by atomic mass is 79.9. The van der Waals surface area contributed by atoms with Crippen LogP contribution in [0.25, 0.3) is 0 Å². The molecule has 2 rings (SSSR count). The van der Waals surface area contributed by atoms with E-state index in [4.69, 9.17) is 5.73 Å². The van der Waals surface area contributed by atoms with Crippen molar-refractivity contribution in [2.45, 2.75) is 44.1 Å². The zero-order valence-electron chi connectivity index (χ0n) is 8.42. The van der Waals surface area contributed by atoms with Crippen LogP contribution in [0.15, 0.2) is 15.9 Å². The number of hydrogen-bond acceptors (Lipinski definition) is 2. The molecule has 0 amide bonds. The van der Waals surface area contributed by atoms with Gasteiger partial charge in [0.1, 0.15) is 0 Å². The van der Waals surface area contributed by atoms with E-state index in [1.807, 2.05) is 11.3 Å². The monoisotopic (exact) mass is 273 g/mol. The molecule has 0 bridgehead atoms. The molecular formula is C11H16BrNS. The first-order chi connectivity index (χ1) is 6.65. The lowest BCUT2D eigenvalue weighted by Gasteiger charge is -2.32. The highest BCUT2D eigenvalue weighted by molar-refractivity contribution is 9.11. The summed E-state index contributed by atoms with van der Waals surface area (Å²) in [5, 5.41) is 0. The number of thiophene rings is 1. The van der Waals surface area contributed by atoms with Crippen LogP contribution < -0.4 is 5.73 Å². The molecule has 1 saturated carbocycles. The zero-order chi connectivity index (χ0) is 10.2. The second-order valence-electron chi connectivity index (χ2n) is 4.26. The molecule has 1 heterocycles. The average Bonchev–Trinajstić information content (AvgIpc) is 2.71. The third kappa shape index (κ3) is 1.66. The van der Waals surface area contributed by atoms with Gasteiger partial charge < -0.3 is 5.73 Å². The van der Waals surface area contributed by atoms with Crippen LogP contribution in [-0.2, 0) is 5.41 Å². The Morgan fingerprint density at radius 2 is 2.07 bits per heavy atom. The van der Waals surface area contributed by atoms with Crippen LogP contribution >= 0.6 is 27.3 Å². The normalized spacial score (nSPS) is 22.5.